The maximum atomic E-state index is 12.4. The molecule has 1 aromatic carbocycles. The zero-order chi connectivity index (χ0) is 17.4. The molecule has 6 nitrogen and oxygen atoms in total. The van der Waals surface area contributed by atoms with E-state index in [1.807, 2.05) is 0 Å². The number of rotatable bonds is 4. The standard InChI is InChI=1S/C18H17N3O3S/c1-24-11-5-2-4-10(8-11)19-15(22)9-14-20-17(23)16-12-6-3-7-13(12)25-18(16)21-14/h2,4-5,8H,3,6-7,9H2,1H3,(H,19,22)(H,20,21,23). The summed E-state index contributed by atoms with van der Waals surface area (Å²) in [6, 6.07) is 7.12. The number of methoxy groups -OCH3 is 1. The number of nitrogens with zero attached hydrogens (tertiary/aromatic N) is 1. The fourth-order valence-electron chi connectivity index (χ4n) is 3.19. The normalized spacial score (nSPS) is 13.0. The molecule has 0 spiro atoms. The van der Waals surface area contributed by atoms with E-state index in [2.05, 4.69) is 15.3 Å². The maximum Gasteiger partial charge on any atom is 0.259 e. The van der Waals surface area contributed by atoms with Crippen molar-refractivity contribution in [2.24, 2.45) is 0 Å². The molecule has 2 N–H and O–H groups in total. The van der Waals surface area contributed by atoms with Crippen molar-refractivity contribution in [1.82, 2.24) is 9.97 Å². The second-order valence-corrected chi connectivity index (χ2v) is 7.09. The predicted molar refractivity (Wildman–Crippen MR) is 97.6 cm³/mol. The Morgan fingerprint density at radius 1 is 1.40 bits per heavy atom. The number of benzene rings is 1. The minimum Gasteiger partial charge on any atom is -0.497 e. The molecule has 0 aliphatic heterocycles. The fourth-order valence-corrected chi connectivity index (χ4v) is 4.47. The molecule has 128 valence electrons. The summed E-state index contributed by atoms with van der Waals surface area (Å²) in [4.78, 5) is 33.9. The lowest BCUT2D eigenvalue weighted by Crippen LogP contribution is -2.19. The van der Waals surface area contributed by atoms with Crippen LogP contribution in [-0.2, 0) is 24.1 Å². The zero-order valence-electron chi connectivity index (χ0n) is 13.7. The second-order valence-electron chi connectivity index (χ2n) is 6.01. The molecule has 2 aromatic heterocycles. The third-order valence-corrected chi connectivity index (χ3v) is 5.49. The highest BCUT2D eigenvalue weighted by Crippen LogP contribution is 2.34. The highest BCUT2D eigenvalue weighted by molar-refractivity contribution is 7.18. The molecule has 7 heteroatoms. The van der Waals surface area contributed by atoms with E-state index in [4.69, 9.17) is 4.74 Å². The number of thiophene rings is 1. The Hall–Kier alpha value is -2.67. The first-order chi connectivity index (χ1) is 12.1. The van der Waals surface area contributed by atoms with E-state index in [0.717, 1.165) is 29.7 Å². The van der Waals surface area contributed by atoms with Crippen LogP contribution in [0, 0.1) is 0 Å². The van der Waals surface area contributed by atoms with Gasteiger partial charge in [-0.1, -0.05) is 6.07 Å². The second kappa shape index (κ2) is 6.33. The van der Waals surface area contributed by atoms with Crippen LogP contribution >= 0.6 is 11.3 Å². The minimum absolute atomic E-state index is 0.0188. The molecule has 0 saturated heterocycles. The van der Waals surface area contributed by atoms with Crippen molar-refractivity contribution >= 4 is 33.1 Å². The summed E-state index contributed by atoms with van der Waals surface area (Å²) in [7, 11) is 1.57. The lowest BCUT2D eigenvalue weighted by atomic mass is 10.2. The van der Waals surface area contributed by atoms with Gasteiger partial charge in [0, 0.05) is 16.6 Å². The van der Waals surface area contributed by atoms with Crippen LogP contribution in [0.1, 0.15) is 22.7 Å². The summed E-state index contributed by atoms with van der Waals surface area (Å²) in [5, 5.41) is 3.50. The number of anilines is 1. The summed E-state index contributed by atoms with van der Waals surface area (Å²) in [6.45, 7) is 0. The van der Waals surface area contributed by atoms with Crippen molar-refractivity contribution < 1.29 is 9.53 Å². The van der Waals surface area contributed by atoms with Gasteiger partial charge in [-0.15, -0.1) is 11.3 Å². The van der Waals surface area contributed by atoms with Gasteiger partial charge in [-0.25, -0.2) is 4.98 Å². The summed E-state index contributed by atoms with van der Waals surface area (Å²) in [5.74, 6) is 0.816. The Bertz CT molecular complexity index is 1020. The van der Waals surface area contributed by atoms with Crippen LogP contribution in [0.15, 0.2) is 29.1 Å². The van der Waals surface area contributed by atoms with Gasteiger partial charge in [0.2, 0.25) is 5.91 Å². The Kier molecular flexibility index (Phi) is 4.01. The minimum atomic E-state index is -0.236. The topological polar surface area (TPSA) is 84.1 Å². The van der Waals surface area contributed by atoms with Crippen molar-refractivity contribution in [3.8, 4) is 5.75 Å². The Labute approximate surface area is 147 Å². The van der Waals surface area contributed by atoms with Crippen LogP contribution in [0.3, 0.4) is 0 Å². The molecule has 0 unspecified atom stereocenters. The number of carbonyl (C=O) groups excluding carboxylic acids is 1. The zero-order valence-corrected chi connectivity index (χ0v) is 14.5. The molecular formula is C18H17N3O3S. The summed E-state index contributed by atoms with van der Waals surface area (Å²) >= 11 is 1.57. The van der Waals surface area contributed by atoms with Crippen LogP contribution in [0.25, 0.3) is 10.2 Å². The van der Waals surface area contributed by atoms with E-state index >= 15 is 0 Å². The highest BCUT2D eigenvalue weighted by atomic mass is 32.1. The molecule has 0 saturated carbocycles. The number of nitrogens with one attached hydrogen (secondary N) is 2. The first-order valence-corrected chi connectivity index (χ1v) is 8.93. The number of amides is 1. The van der Waals surface area contributed by atoms with E-state index < -0.39 is 0 Å². The molecule has 0 radical (unpaired) electrons. The number of fused-ring (bicyclic) bond motifs is 3. The van der Waals surface area contributed by atoms with Crippen molar-refractivity contribution in [1.29, 1.82) is 0 Å². The number of aryl methyl sites for hydroxylation is 2. The monoisotopic (exact) mass is 355 g/mol. The van der Waals surface area contributed by atoms with E-state index in [1.165, 1.54) is 4.88 Å². The van der Waals surface area contributed by atoms with Crippen LogP contribution in [-0.4, -0.2) is 23.0 Å². The lowest BCUT2D eigenvalue weighted by molar-refractivity contribution is -0.115. The third-order valence-electron chi connectivity index (χ3n) is 4.31. The summed E-state index contributed by atoms with van der Waals surface area (Å²) < 4.78 is 5.14. The number of H-pyrrole nitrogens is 1. The summed E-state index contributed by atoms with van der Waals surface area (Å²) in [6.07, 6.45) is 3.07. The van der Waals surface area contributed by atoms with Crippen LogP contribution < -0.4 is 15.6 Å². The van der Waals surface area contributed by atoms with Gasteiger partial charge in [-0.05, 0) is 37.0 Å². The lowest BCUT2D eigenvalue weighted by Gasteiger charge is -2.07. The SMILES string of the molecule is COc1cccc(NC(=O)Cc2nc3sc4c(c3c(=O)[nH]2)CCC4)c1. The first-order valence-electron chi connectivity index (χ1n) is 8.11. The number of aromatic amines is 1. The predicted octanol–water partition coefficient (Wildman–Crippen LogP) is 2.66. The Morgan fingerprint density at radius 3 is 3.12 bits per heavy atom. The molecule has 2 heterocycles. The molecule has 4 rings (SSSR count). The van der Waals surface area contributed by atoms with Gasteiger partial charge in [0.15, 0.2) is 0 Å². The largest absolute Gasteiger partial charge is 0.497 e. The number of hydrogen-bond acceptors (Lipinski definition) is 5. The molecule has 0 bridgehead atoms. The number of hydrogen-bond donors (Lipinski definition) is 2. The van der Waals surface area contributed by atoms with E-state index in [-0.39, 0.29) is 17.9 Å². The van der Waals surface area contributed by atoms with Gasteiger partial charge in [0.05, 0.1) is 18.9 Å². The summed E-state index contributed by atoms with van der Waals surface area (Å²) in [5.41, 5.74) is 1.64. The average molecular weight is 355 g/mol. The Balaban J connectivity index is 1.56. The van der Waals surface area contributed by atoms with Crippen LogP contribution in [0.4, 0.5) is 5.69 Å². The van der Waals surface area contributed by atoms with Crippen molar-refractivity contribution in [2.45, 2.75) is 25.7 Å². The molecule has 25 heavy (non-hydrogen) atoms. The maximum absolute atomic E-state index is 12.4. The smallest absolute Gasteiger partial charge is 0.259 e. The Morgan fingerprint density at radius 2 is 2.28 bits per heavy atom. The first kappa shape index (κ1) is 15.8. The van der Waals surface area contributed by atoms with Gasteiger partial charge in [-0.3, -0.25) is 9.59 Å². The van der Waals surface area contributed by atoms with Gasteiger partial charge < -0.3 is 15.0 Å². The van der Waals surface area contributed by atoms with E-state index in [9.17, 15) is 9.59 Å². The van der Waals surface area contributed by atoms with Gasteiger partial charge >= 0.3 is 0 Å². The number of aromatic nitrogens is 2. The molecule has 1 aliphatic carbocycles. The van der Waals surface area contributed by atoms with E-state index in [1.54, 1.807) is 42.7 Å². The molecule has 3 aromatic rings. The molecule has 1 aliphatic rings. The van der Waals surface area contributed by atoms with Gasteiger partial charge in [0.1, 0.15) is 16.4 Å². The highest BCUT2D eigenvalue weighted by Gasteiger charge is 2.21. The molecular weight excluding hydrogens is 338 g/mol. The fraction of sp³-hybridized carbons (Fsp3) is 0.278. The van der Waals surface area contributed by atoms with Crippen LogP contribution in [0.5, 0.6) is 5.75 Å². The average Bonchev–Trinajstić information content (AvgIpc) is 3.15. The van der Waals surface area contributed by atoms with E-state index in [0.29, 0.717) is 22.6 Å². The quantitative estimate of drug-likeness (QED) is 0.754. The number of ether oxygens (including phenoxy) is 1. The van der Waals surface area contributed by atoms with Crippen molar-refractivity contribution in [3.63, 3.8) is 0 Å². The molecule has 1 amide bonds. The van der Waals surface area contributed by atoms with Crippen LogP contribution in [0.2, 0.25) is 0 Å². The van der Waals surface area contributed by atoms with Gasteiger partial charge in [-0.2, -0.15) is 0 Å². The van der Waals surface area contributed by atoms with Gasteiger partial charge in [0.25, 0.3) is 5.56 Å². The number of carbonyl (C=O) groups is 1. The third kappa shape index (κ3) is 3.02. The van der Waals surface area contributed by atoms with Crippen molar-refractivity contribution in [2.75, 3.05) is 12.4 Å². The molecule has 0 fully saturated rings. The van der Waals surface area contributed by atoms with Crippen molar-refractivity contribution in [3.05, 3.63) is 50.9 Å². The molecule has 0 atom stereocenters.